The van der Waals surface area contributed by atoms with Crippen LogP contribution in [-0.4, -0.2) is 38.4 Å². The molecule has 3 aromatic rings. The van der Waals surface area contributed by atoms with Gasteiger partial charge in [-0.15, -0.1) is 22.0 Å². The largest absolute Gasteiger partial charge is 0.322 e. The van der Waals surface area contributed by atoms with Gasteiger partial charge in [0.2, 0.25) is 11.0 Å². The van der Waals surface area contributed by atoms with Gasteiger partial charge in [-0.2, -0.15) is 0 Å². The van der Waals surface area contributed by atoms with E-state index in [-0.39, 0.29) is 17.2 Å². The molecule has 0 bridgehead atoms. The molecule has 0 aliphatic carbocycles. The minimum atomic E-state index is -0.217. The monoisotopic (exact) mass is 470 g/mol. The first-order valence-corrected chi connectivity index (χ1v) is 12.8. The maximum Gasteiger partial charge on any atom is 0.257 e. The molecule has 4 rings (SSSR count). The third-order valence-electron chi connectivity index (χ3n) is 4.68. The van der Waals surface area contributed by atoms with E-state index < -0.39 is 0 Å². The van der Waals surface area contributed by atoms with Gasteiger partial charge in [-0.25, -0.2) is 0 Å². The van der Waals surface area contributed by atoms with E-state index in [9.17, 15) is 9.59 Å². The summed E-state index contributed by atoms with van der Waals surface area (Å²) < 4.78 is 0.855. The lowest BCUT2D eigenvalue weighted by Gasteiger charge is -2.24. The summed E-state index contributed by atoms with van der Waals surface area (Å²) in [7, 11) is 0. The maximum absolute atomic E-state index is 12.6. The van der Waals surface area contributed by atoms with Crippen molar-refractivity contribution >= 4 is 51.8 Å². The lowest BCUT2D eigenvalue weighted by atomic mass is 10.1. The number of nitrogens with one attached hydrogen (secondary N) is 1. The van der Waals surface area contributed by atoms with Crippen molar-refractivity contribution in [3.63, 3.8) is 0 Å². The van der Waals surface area contributed by atoms with Crippen molar-refractivity contribution in [2.75, 3.05) is 16.8 Å². The molecule has 1 fully saturated rings. The number of aromatic nitrogens is 2. The SMILES string of the molecule is CCCSc1nnc(NC(=O)c2ccc([C@H]3SCC(=O)N3Cc3ccccc3)cc2)s1. The fourth-order valence-corrected chi connectivity index (χ4v) is 6.02. The molecule has 31 heavy (non-hydrogen) atoms. The molecule has 6 nitrogen and oxygen atoms in total. The lowest BCUT2D eigenvalue weighted by molar-refractivity contribution is -0.128. The predicted molar refractivity (Wildman–Crippen MR) is 128 cm³/mol. The minimum Gasteiger partial charge on any atom is -0.322 e. The van der Waals surface area contributed by atoms with Crippen LogP contribution in [0.2, 0.25) is 0 Å². The number of carbonyl (C=O) groups excluding carboxylic acids is 2. The second-order valence-corrected chi connectivity index (χ2v) is 10.4. The zero-order valence-corrected chi connectivity index (χ0v) is 19.4. The van der Waals surface area contributed by atoms with Gasteiger partial charge < -0.3 is 4.90 Å². The van der Waals surface area contributed by atoms with Gasteiger partial charge in [0.15, 0.2) is 4.34 Å². The molecule has 160 valence electrons. The van der Waals surface area contributed by atoms with Crippen LogP contribution in [0, 0.1) is 0 Å². The summed E-state index contributed by atoms with van der Waals surface area (Å²) in [5.74, 6) is 1.36. The van der Waals surface area contributed by atoms with Crippen LogP contribution in [0.3, 0.4) is 0 Å². The van der Waals surface area contributed by atoms with Crippen molar-refractivity contribution in [2.45, 2.75) is 29.6 Å². The van der Waals surface area contributed by atoms with Crippen LogP contribution in [0.4, 0.5) is 5.13 Å². The Bertz CT molecular complexity index is 1040. The Hall–Kier alpha value is -2.36. The van der Waals surface area contributed by atoms with E-state index in [2.05, 4.69) is 22.4 Å². The minimum absolute atomic E-state index is 0.0499. The molecule has 1 aliphatic heterocycles. The van der Waals surface area contributed by atoms with E-state index in [1.807, 2.05) is 47.4 Å². The highest BCUT2D eigenvalue weighted by atomic mass is 32.2. The number of nitrogens with zero attached hydrogens (tertiary/aromatic N) is 3. The third kappa shape index (κ3) is 5.47. The Morgan fingerprint density at radius 3 is 2.68 bits per heavy atom. The molecule has 2 aromatic carbocycles. The molecule has 2 heterocycles. The number of carbonyl (C=O) groups is 2. The first kappa shape index (κ1) is 21.9. The van der Waals surface area contributed by atoms with E-state index in [1.54, 1.807) is 35.7 Å². The molecule has 0 saturated carbocycles. The third-order valence-corrected chi connectivity index (χ3v) is 8.11. The normalized spacial score (nSPS) is 16.0. The van der Waals surface area contributed by atoms with Gasteiger partial charge in [0.05, 0.1) is 5.75 Å². The van der Waals surface area contributed by atoms with Gasteiger partial charge in [-0.1, -0.05) is 72.5 Å². The molecule has 9 heteroatoms. The van der Waals surface area contributed by atoms with Gasteiger partial charge in [0, 0.05) is 17.9 Å². The van der Waals surface area contributed by atoms with Crippen LogP contribution in [0.15, 0.2) is 58.9 Å². The number of rotatable bonds is 8. The topological polar surface area (TPSA) is 75.2 Å². The van der Waals surface area contributed by atoms with Crippen LogP contribution >= 0.6 is 34.9 Å². The van der Waals surface area contributed by atoms with Crippen LogP contribution < -0.4 is 5.32 Å². The Morgan fingerprint density at radius 1 is 1.16 bits per heavy atom. The zero-order valence-electron chi connectivity index (χ0n) is 17.0. The molecule has 1 saturated heterocycles. The highest BCUT2D eigenvalue weighted by Crippen LogP contribution is 2.39. The van der Waals surface area contributed by atoms with Gasteiger partial charge >= 0.3 is 0 Å². The molecule has 1 aliphatic rings. The van der Waals surface area contributed by atoms with Crippen molar-refractivity contribution < 1.29 is 9.59 Å². The van der Waals surface area contributed by atoms with E-state index in [0.29, 0.717) is 23.0 Å². The Balaban J connectivity index is 1.41. The molecule has 0 unspecified atom stereocenters. The van der Waals surface area contributed by atoms with Gasteiger partial charge in [0.1, 0.15) is 5.37 Å². The lowest BCUT2D eigenvalue weighted by Crippen LogP contribution is -2.27. The number of anilines is 1. The van der Waals surface area contributed by atoms with E-state index in [0.717, 1.165) is 27.6 Å². The Labute approximate surface area is 193 Å². The second-order valence-electron chi connectivity index (χ2n) is 6.97. The predicted octanol–water partition coefficient (Wildman–Crippen LogP) is 5.07. The van der Waals surface area contributed by atoms with Crippen molar-refractivity contribution in [3.05, 3.63) is 71.3 Å². The summed E-state index contributed by atoms with van der Waals surface area (Å²) in [5, 5.41) is 11.4. The fraction of sp³-hybridized carbons (Fsp3) is 0.273. The van der Waals surface area contributed by atoms with Crippen molar-refractivity contribution in [2.24, 2.45) is 0 Å². The first-order chi connectivity index (χ1) is 15.1. The second kappa shape index (κ2) is 10.3. The summed E-state index contributed by atoms with van der Waals surface area (Å²) in [6.07, 6.45) is 1.06. The van der Waals surface area contributed by atoms with E-state index in [1.165, 1.54) is 11.3 Å². The molecular weight excluding hydrogens is 448 g/mol. The van der Waals surface area contributed by atoms with E-state index >= 15 is 0 Å². The molecule has 1 aromatic heterocycles. The number of amides is 2. The van der Waals surface area contributed by atoms with Gasteiger partial charge in [-0.05, 0) is 29.7 Å². The van der Waals surface area contributed by atoms with Crippen LogP contribution in [0.5, 0.6) is 0 Å². The van der Waals surface area contributed by atoms with Gasteiger partial charge in [-0.3, -0.25) is 14.9 Å². The quantitative estimate of drug-likeness (QED) is 0.366. The molecule has 1 N–H and O–H groups in total. The number of hydrogen-bond donors (Lipinski definition) is 1. The fourth-order valence-electron chi connectivity index (χ4n) is 3.16. The van der Waals surface area contributed by atoms with Crippen molar-refractivity contribution in [3.8, 4) is 0 Å². The summed E-state index contributed by atoms with van der Waals surface area (Å²) >= 11 is 4.64. The standard InChI is InChI=1S/C22H22N4O2S3/c1-2-12-29-22-25-24-21(31-22)23-19(28)16-8-10-17(11-9-16)20-26(18(27)14-30-20)13-15-6-4-3-5-7-15/h3-11,20H,2,12-14H2,1H3,(H,23,24,28)/t20-/m1/s1. The highest BCUT2D eigenvalue weighted by molar-refractivity contribution is 8.01. The van der Waals surface area contributed by atoms with Crippen LogP contribution in [0.25, 0.3) is 0 Å². The molecule has 0 radical (unpaired) electrons. The molecule has 1 atom stereocenters. The zero-order chi connectivity index (χ0) is 21.6. The van der Waals surface area contributed by atoms with Crippen LogP contribution in [0.1, 0.15) is 40.2 Å². The van der Waals surface area contributed by atoms with Crippen molar-refractivity contribution in [1.82, 2.24) is 15.1 Å². The average Bonchev–Trinajstić information content (AvgIpc) is 3.39. The average molecular weight is 471 g/mol. The van der Waals surface area contributed by atoms with Gasteiger partial charge in [0.25, 0.3) is 5.91 Å². The van der Waals surface area contributed by atoms with E-state index in [4.69, 9.17) is 0 Å². The summed E-state index contributed by atoms with van der Waals surface area (Å²) in [6.45, 7) is 2.69. The number of hydrogen-bond acceptors (Lipinski definition) is 7. The first-order valence-electron chi connectivity index (χ1n) is 9.96. The van der Waals surface area contributed by atoms with Crippen LogP contribution in [-0.2, 0) is 11.3 Å². The number of thioether (sulfide) groups is 2. The Kier molecular flexibility index (Phi) is 7.26. The summed E-state index contributed by atoms with van der Waals surface area (Å²) in [5.41, 5.74) is 2.66. The Morgan fingerprint density at radius 2 is 1.94 bits per heavy atom. The number of benzene rings is 2. The highest BCUT2D eigenvalue weighted by Gasteiger charge is 2.32. The summed E-state index contributed by atoms with van der Waals surface area (Å²) in [6, 6.07) is 17.4. The molecule has 0 spiro atoms. The molecule has 2 amide bonds. The van der Waals surface area contributed by atoms with Crippen molar-refractivity contribution in [1.29, 1.82) is 0 Å². The smallest absolute Gasteiger partial charge is 0.257 e. The molecular formula is C22H22N4O2S3. The summed E-state index contributed by atoms with van der Waals surface area (Å²) in [4.78, 5) is 26.9. The maximum atomic E-state index is 12.6.